The van der Waals surface area contributed by atoms with Crippen LogP contribution >= 0.6 is 0 Å². The van der Waals surface area contributed by atoms with Crippen molar-refractivity contribution < 1.29 is 14.7 Å². The number of carboxylic acids is 1. The van der Waals surface area contributed by atoms with Crippen molar-refractivity contribution in [2.45, 2.75) is 26.3 Å². The lowest BCUT2D eigenvalue weighted by Gasteiger charge is -2.17. The first kappa shape index (κ1) is 15.8. The number of aromatic amines is 1. The third-order valence-electron chi connectivity index (χ3n) is 3.31. The SMILES string of the molecule is CC(C)C[C@H](NC(=O)c1cccc2ccc(=O)[nH]c12)C(=O)O. The number of carboxylic acid groups (broad SMARTS) is 1. The summed E-state index contributed by atoms with van der Waals surface area (Å²) in [5, 5.41) is 12.4. The Morgan fingerprint density at radius 2 is 1.95 bits per heavy atom. The van der Waals surface area contributed by atoms with E-state index in [4.69, 9.17) is 0 Å². The zero-order valence-corrected chi connectivity index (χ0v) is 12.4. The van der Waals surface area contributed by atoms with Gasteiger partial charge in [-0.15, -0.1) is 0 Å². The highest BCUT2D eigenvalue weighted by Gasteiger charge is 2.22. The minimum atomic E-state index is -1.07. The predicted molar refractivity (Wildman–Crippen MR) is 82.9 cm³/mol. The van der Waals surface area contributed by atoms with Gasteiger partial charge >= 0.3 is 5.97 Å². The molecule has 1 aromatic carbocycles. The van der Waals surface area contributed by atoms with E-state index >= 15 is 0 Å². The minimum Gasteiger partial charge on any atom is -0.480 e. The van der Waals surface area contributed by atoms with Crippen molar-refractivity contribution in [3.8, 4) is 0 Å². The zero-order valence-electron chi connectivity index (χ0n) is 12.4. The minimum absolute atomic E-state index is 0.133. The molecular weight excluding hydrogens is 284 g/mol. The Hall–Kier alpha value is -2.63. The lowest BCUT2D eigenvalue weighted by Crippen LogP contribution is -2.41. The number of rotatable bonds is 5. The van der Waals surface area contributed by atoms with Crippen molar-refractivity contribution in [3.63, 3.8) is 0 Å². The molecule has 2 rings (SSSR count). The second kappa shape index (κ2) is 6.43. The lowest BCUT2D eigenvalue weighted by atomic mass is 10.0. The van der Waals surface area contributed by atoms with Gasteiger partial charge in [-0.05, 0) is 29.9 Å². The molecule has 22 heavy (non-hydrogen) atoms. The van der Waals surface area contributed by atoms with Crippen molar-refractivity contribution in [1.82, 2.24) is 10.3 Å². The molecule has 0 fully saturated rings. The van der Waals surface area contributed by atoms with Crippen LogP contribution in [0.5, 0.6) is 0 Å². The van der Waals surface area contributed by atoms with Gasteiger partial charge in [0.25, 0.3) is 5.91 Å². The molecule has 0 aliphatic heterocycles. The maximum absolute atomic E-state index is 12.4. The van der Waals surface area contributed by atoms with Crippen LogP contribution in [0.2, 0.25) is 0 Å². The first-order chi connectivity index (χ1) is 10.4. The molecule has 1 heterocycles. The number of H-pyrrole nitrogens is 1. The maximum Gasteiger partial charge on any atom is 0.326 e. The fourth-order valence-electron chi connectivity index (χ4n) is 2.30. The predicted octanol–water partition coefficient (Wildman–Crippen LogP) is 1.76. The number of hydrogen-bond acceptors (Lipinski definition) is 3. The van der Waals surface area contributed by atoms with Gasteiger partial charge in [0.2, 0.25) is 5.56 Å². The van der Waals surface area contributed by atoms with E-state index in [2.05, 4.69) is 10.3 Å². The van der Waals surface area contributed by atoms with Crippen LogP contribution in [0, 0.1) is 5.92 Å². The number of carbonyl (C=O) groups excluding carboxylic acids is 1. The molecule has 0 aliphatic rings. The summed E-state index contributed by atoms with van der Waals surface area (Å²) in [6.45, 7) is 3.77. The largest absolute Gasteiger partial charge is 0.480 e. The third kappa shape index (κ3) is 3.52. The Labute approximate surface area is 127 Å². The van der Waals surface area contributed by atoms with E-state index in [0.717, 1.165) is 0 Å². The molecule has 1 atom stereocenters. The smallest absolute Gasteiger partial charge is 0.326 e. The van der Waals surface area contributed by atoms with Gasteiger partial charge in [0.05, 0.1) is 11.1 Å². The lowest BCUT2D eigenvalue weighted by molar-refractivity contribution is -0.139. The van der Waals surface area contributed by atoms with Gasteiger partial charge in [0.15, 0.2) is 0 Å². The number of para-hydroxylation sites is 1. The van der Waals surface area contributed by atoms with Gasteiger partial charge in [-0.3, -0.25) is 9.59 Å². The van der Waals surface area contributed by atoms with Gasteiger partial charge < -0.3 is 15.4 Å². The molecule has 6 heteroatoms. The molecule has 1 aromatic heterocycles. The van der Waals surface area contributed by atoms with E-state index in [1.165, 1.54) is 6.07 Å². The maximum atomic E-state index is 12.4. The van der Waals surface area contributed by atoms with E-state index in [0.29, 0.717) is 17.3 Å². The third-order valence-corrected chi connectivity index (χ3v) is 3.31. The van der Waals surface area contributed by atoms with Crippen LogP contribution in [-0.4, -0.2) is 28.0 Å². The summed E-state index contributed by atoms with van der Waals surface area (Å²) in [7, 11) is 0. The molecule has 3 N–H and O–H groups in total. The average molecular weight is 302 g/mol. The second-order valence-corrected chi connectivity index (χ2v) is 5.59. The summed E-state index contributed by atoms with van der Waals surface area (Å²) in [6, 6.07) is 7.05. The molecule has 0 saturated heterocycles. The number of hydrogen-bond donors (Lipinski definition) is 3. The Balaban J connectivity index is 2.35. The van der Waals surface area contributed by atoms with E-state index in [9.17, 15) is 19.5 Å². The van der Waals surface area contributed by atoms with Crippen molar-refractivity contribution >= 4 is 22.8 Å². The zero-order chi connectivity index (χ0) is 16.3. The Morgan fingerprint density at radius 3 is 2.59 bits per heavy atom. The first-order valence-corrected chi connectivity index (χ1v) is 7.04. The summed E-state index contributed by atoms with van der Waals surface area (Å²) < 4.78 is 0. The topological polar surface area (TPSA) is 99.3 Å². The van der Waals surface area contributed by atoms with Crippen LogP contribution < -0.4 is 10.9 Å². The quantitative estimate of drug-likeness (QED) is 0.783. The molecule has 0 spiro atoms. The van der Waals surface area contributed by atoms with Crippen LogP contribution in [0.15, 0.2) is 35.1 Å². The van der Waals surface area contributed by atoms with Crippen molar-refractivity contribution in [1.29, 1.82) is 0 Å². The van der Waals surface area contributed by atoms with Crippen molar-refractivity contribution in [3.05, 3.63) is 46.2 Å². The Bertz CT molecular complexity index is 764. The van der Waals surface area contributed by atoms with Crippen LogP contribution in [0.1, 0.15) is 30.6 Å². The van der Waals surface area contributed by atoms with Crippen LogP contribution in [-0.2, 0) is 4.79 Å². The molecule has 2 aromatic rings. The summed E-state index contributed by atoms with van der Waals surface area (Å²) in [5.74, 6) is -1.45. The molecule has 116 valence electrons. The van der Waals surface area contributed by atoms with Gasteiger partial charge in [0, 0.05) is 6.07 Å². The highest BCUT2D eigenvalue weighted by Crippen LogP contribution is 2.15. The molecule has 0 saturated carbocycles. The number of nitrogens with one attached hydrogen (secondary N) is 2. The number of aromatic nitrogens is 1. The van der Waals surface area contributed by atoms with Crippen LogP contribution in [0.3, 0.4) is 0 Å². The van der Waals surface area contributed by atoms with Gasteiger partial charge in [-0.1, -0.05) is 26.0 Å². The van der Waals surface area contributed by atoms with E-state index in [-0.39, 0.29) is 17.0 Å². The Morgan fingerprint density at radius 1 is 1.23 bits per heavy atom. The fourth-order valence-corrected chi connectivity index (χ4v) is 2.30. The molecule has 0 unspecified atom stereocenters. The van der Waals surface area contributed by atoms with Crippen LogP contribution in [0.4, 0.5) is 0 Å². The van der Waals surface area contributed by atoms with Crippen LogP contribution in [0.25, 0.3) is 10.9 Å². The van der Waals surface area contributed by atoms with Gasteiger partial charge in [-0.2, -0.15) is 0 Å². The monoisotopic (exact) mass is 302 g/mol. The second-order valence-electron chi connectivity index (χ2n) is 5.59. The summed E-state index contributed by atoms with van der Waals surface area (Å²) >= 11 is 0. The molecular formula is C16H18N2O4. The molecule has 0 aliphatic carbocycles. The standard InChI is InChI=1S/C16H18N2O4/c1-9(2)8-12(16(21)22)17-15(20)11-5-3-4-10-6-7-13(19)18-14(10)11/h3-7,9,12H,8H2,1-2H3,(H,17,20)(H,18,19)(H,21,22)/t12-/m0/s1. The fraction of sp³-hybridized carbons (Fsp3) is 0.312. The van der Waals surface area contributed by atoms with Gasteiger partial charge in [0.1, 0.15) is 6.04 Å². The van der Waals surface area contributed by atoms with Crippen molar-refractivity contribution in [2.24, 2.45) is 5.92 Å². The number of aliphatic carboxylic acids is 1. The molecule has 6 nitrogen and oxygen atoms in total. The number of benzene rings is 1. The van der Waals surface area contributed by atoms with E-state index in [1.807, 2.05) is 13.8 Å². The normalized spacial score (nSPS) is 12.3. The number of carbonyl (C=O) groups is 2. The van der Waals surface area contributed by atoms with Crippen molar-refractivity contribution in [2.75, 3.05) is 0 Å². The average Bonchev–Trinajstić information content (AvgIpc) is 2.45. The van der Waals surface area contributed by atoms with Gasteiger partial charge in [-0.25, -0.2) is 4.79 Å². The first-order valence-electron chi connectivity index (χ1n) is 7.04. The number of pyridine rings is 1. The van der Waals surface area contributed by atoms with E-state index in [1.54, 1.807) is 24.3 Å². The molecule has 1 amide bonds. The Kier molecular flexibility index (Phi) is 4.60. The molecule has 0 bridgehead atoms. The summed E-state index contributed by atoms with van der Waals surface area (Å²) in [4.78, 5) is 37.7. The summed E-state index contributed by atoms with van der Waals surface area (Å²) in [5.41, 5.74) is 0.344. The summed E-state index contributed by atoms with van der Waals surface area (Å²) in [6.07, 6.45) is 0.336. The highest BCUT2D eigenvalue weighted by molar-refractivity contribution is 6.06. The molecule has 0 radical (unpaired) electrons. The van der Waals surface area contributed by atoms with E-state index < -0.39 is 17.9 Å². The number of fused-ring (bicyclic) bond motifs is 1. The number of amides is 1. The highest BCUT2D eigenvalue weighted by atomic mass is 16.4.